The van der Waals surface area contributed by atoms with Gasteiger partial charge in [0.1, 0.15) is 0 Å². The van der Waals surface area contributed by atoms with Crippen molar-refractivity contribution in [2.24, 2.45) is 0 Å². The van der Waals surface area contributed by atoms with E-state index in [9.17, 15) is 18.0 Å². The Kier molecular flexibility index (Phi) is 5.84. The lowest BCUT2D eigenvalue weighted by Gasteiger charge is -2.12. The number of thioether (sulfide) groups is 1. The summed E-state index contributed by atoms with van der Waals surface area (Å²) in [6, 6.07) is 10.6. The second-order valence-electron chi connectivity index (χ2n) is 4.51. The highest BCUT2D eigenvalue weighted by Gasteiger charge is 2.27. The van der Waals surface area contributed by atoms with Gasteiger partial charge in [-0.15, -0.1) is 11.8 Å². The maximum Gasteiger partial charge on any atom is 0.398 e. The average molecular weight is 380 g/mol. The molecule has 0 atom stereocenters. The summed E-state index contributed by atoms with van der Waals surface area (Å²) in [6.45, 7) is 0. The first kappa shape index (κ1) is 18.0. The monoisotopic (exact) mass is 379 g/mol. The molecule has 0 fully saturated rings. The molecule has 8 heteroatoms. The van der Waals surface area contributed by atoms with E-state index < -0.39 is 17.8 Å². The van der Waals surface area contributed by atoms with Crippen LogP contribution in [0.1, 0.15) is 10.4 Å². The molecule has 2 aromatic rings. The molecule has 0 spiro atoms. The first-order valence-electron chi connectivity index (χ1n) is 6.30. The number of para-hydroxylation sites is 1. The fraction of sp³-hybridized carbons (Fsp3) is 0.133. The van der Waals surface area contributed by atoms with Crippen LogP contribution in [0.25, 0.3) is 0 Å². The number of rotatable bonds is 4. The highest BCUT2D eigenvalue weighted by Crippen LogP contribution is 2.32. The van der Waals surface area contributed by atoms with Gasteiger partial charge >= 0.3 is 6.18 Å². The summed E-state index contributed by atoms with van der Waals surface area (Å²) in [5, 5.41) is 3.16. The van der Waals surface area contributed by atoms with Crippen molar-refractivity contribution < 1.29 is 18.0 Å². The van der Waals surface area contributed by atoms with Crippen molar-refractivity contribution in [1.29, 1.82) is 0 Å². The van der Waals surface area contributed by atoms with Gasteiger partial charge in [-0.1, -0.05) is 35.3 Å². The first-order valence-corrected chi connectivity index (χ1v) is 8.05. The number of anilines is 1. The summed E-state index contributed by atoms with van der Waals surface area (Å²) < 4.78 is 37.1. The van der Waals surface area contributed by atoms with Crippen LogP contribution in [0.2, 0.25) is 10.0 Å². The van der Waals surface area contributed by atoms with Crippen molar-refractivity contribution in [3.05, 3.63) is 58.1 Å². The predicted octanol–water partition coefficient (Wildman–Crippen LogP) is 5.90. The first-order chi connectivity index (χ1) is 10.7. The van der Waals surface area contributed by atoms with Crippen molar-refractivity contribution in [2.45, 2.75) is 11.1 Å². The second kappa shape index (κ2) is 7.47. The Hall–Kier alpha value is -1.37. The molecule has 0 aliphatic carbocycles. The zero-order chi connectivity index (χ0) is 17.0. The van der Waals surface area contributed by atoms with E-state index in [1.165, 1.54) is 30.3 Å². The zero-order valence-electron chi connectivity index (χ0n) is 11.5. The van der Waals surface area contributed by atoms with E-state index in [2.05, 4.69) is 5.32 Å². The number of carbonyl (C=O) groups is 1. The Balaban J connectivity index is 2.17. The summed E-state index contributed by atoms with van der Waals surface area (Å²) in [5.74, 6) is -1.54. The van der Waals surface area contributed by atoms with Gasteiger partial charge in [-0.3, -0.25) is 4.79 Å². The molecule has 122 valence electrons. The third kappa shape index (κ3) is 5.64. The number of carbonyl (C=O) groups excluding carboxylic acids is 1. The average Bonchev–Trinajstić information content (AvgIpc) is 2.44. The van der Waals surface area contributed by atoms with E-state index in [4.69, 9.17) is 23.2 Å². The molecule has 23 heavy (non-hydrogen) atoms. The van der Waals surface area contributed by atoms with Crippen LogP contribution in [0.3, 0.4) is 0 Å². The van der Waals surface area contributed by atoms with E-state index in [1.807, 2.05) is 0 Å². The molecule has 1 N–H and O–H groups in total. The molecule has 0 bridgehead atoms. The third-order valence-electron chi connectivity index (χ3n) is 2.65. The molecular weight excluding hydrogens is 370 g/mol. The van der Waals surface area contributed by atoms with Crippen LogP contribution in [0.5, 0.6) is 0 Å². The van der Waals surface area contributed by atoms with Crippen molar-refractivity contribution >= 4 is 46.6 Å². The summed E-state index contributed by atoms with van der Waals surface area (Å²) >= 11 is 12.3. The number of hydrogen-bond donors (Lipinski definition) is 1. The number of benzene rings is 2. The van der Waals surface area contributed by atoms with Gasteiger partial charge in [-0.25, -0.2) is 0 Å². The van der Waals surface area contributed by atoms with Gasteiger partial charge in [0, 0.05) is 20.5 Å². The number of alkyl halides is 3. The highest BCUT2D eigenvalue weighted by atomic mass is 35.5. The minimum absolute atomic E-state index is 0.220. The minimum atomic E-state index is -4.29. The number of halogens is 5. The lowest BCUT2D eigenvalue weighted by Crippen LogP contribution is -2.14. The fourth-order valence-electron chi connectivity index (χ4n) is 1.73. The predicted molar refractivity (Wildman–Crippen MR) is 87.6 cm³/mol. The minimum Gasteiger partial charge on any atom is -0.321 e. The number of amides is 1. The van der Waals surface area contributed by atoms with Gasteiger partial charge < -0.3 is 5.32 Å². The van der Waals surface area contributed by atoms with Crippen molar-refractivity contribution in [3.63, 3.8) is 0 Å². The zero-order valence-corrected chi connectivity index (χ0v) is 13.8. The molecule has 2 nitrogen and oxygen atoms in total. The van der Waals surface area contributed by atoms with E-state index in [0.29, 0.717) is 32.4 Å². The Morgan fingerprint density at radius 2 is 1.70 bits per heavy atom. The van der Waals surface area contributed by atoms with Crippen molar-refractivity contribution in [3.8, 4) is 0 Å². The Morgan fingerprint density at radius 3 is 2.30 bits per heavy atom. The quantitative estimate of drug-likeness (QED) is 0.669. The topological polar surface area (TPSA) is 29.1 Å². The summed E-state index contributed by atoms with van der Waals surface area (Å²) in [5.41, 5.74) is 0.515. The molecule has 0 heterocycles. The van der Waals surface area contributed by atoms with Crippen LogP contribution in [-0.4, -0.2) is 17.8 Å². The van der Waals surface area contributed by atoms with Gasteiger partial charge in [0.25, 0.3) is 5.91 Å². The molecule has 0 saturated carbocycles. The number of nitrogens with one attached hydrogen (secondary N) is 1. The molecule has 2 aromatic carbocycles. The van der Waals surface area contributed by atoms with Crippen LogP contribution in [0.4, 0.5) is 18.9 Å². The van der Waals surface area contributed by atoms with Gasteiger partial charge in [-0.2, -0.15) is 13.2 Å². The van der Waals surface area contributed by atoms with Gasteiger partial charge in [-0.05, 0) is 30.3 Å². The Morgan fingerprint density at radius 1 is 1.09 bits per heavy atom. The second-order valence-corrected chi connectivity index (χ2v) is 6.40. The SMILES string of the molecule is O=C(Nc1ccccc1SCC(F)(F)F)c1cc(Cl)cc(Cl)c1. The molecule has 1 amide bonds. The van der Waals surface area contributed by atoms with E-state index in [0.717, 1.165) is 0 Å². The van der Waals surface area contributed by atoms with Crippen LogP contribution in [0, 0.1) is 0 Å². The van der Waals surface area contributed by atoms with Crippen LogP contribution in [-0.2, 0) is 0 Å². The fourth-order valence-corrected chi connectivity index (χ4v) is 3.03. The van der Waals surface area contributed by atoms with Gasteiger partial charge in [0.2, 0.25) is 0 Å². The molecule has 0 radical (unpaired) electrons. The third-order valence-corrected chi connectivity index (χ3v) is 4.23. The van der Waals surface area contributed by atoms with Crippen molar-refractivity contribution in [2.75, 3.05) is 11.1 Å². The highest BCUT2D eigenvalue weighted by molar-refractivity contribution is 7.99. The lowest BCUT2D eigenvalue weighted by atomic mass is 10.2. The van der Waals surface area contributed by atoms with Crippen LogP contribution >= 0.6 is 35.0 Å². The smallest absolute Gasteiger partial charge is 0.321 e. The lowest BCUT2D eigenvalue weighted by molar-refractivity contribution is -0.105. The molecule has 0 saturated heterocycles. The summed E-state index contributed by atoms with van der Waals surface area (Å²) in [4.78, 5) is 12.5. The molecule has 0 aliphatic heterocycles. The van der Waals surface area contributed by atoms with Crippen LogP contribution < -0.4 is 5.32 Å². The van der Waals surface area contributed by atoms with E-state index in [-0.39, 0.29) is 5.56 Å². The number of hydrogen-bond acceptors (Lipinski definition) is 2. The molecule has 0 aromatic heterocycles. The maximum atomic E-state index is 12.4. The molecular formula is C15H10Cl2F3NOS. The normalized spacial score (nSPS) is 11.3. The maximum absolute atomic E-state index is 12.4. The van der Waals surface area contributed by atoms with Gasteiger partial charge in [0.15, 0.2) is 0 Å². The molecule has 2 rings (SSSR count). The Bertz CT molecular complexity index is 702. The van der Waals surface area contributed by atoms with E-state index >= 15 is 0 Å². The van der Waals surface area contributed by atoms with Gasteiger partial charge in [0.05, 0.1) is 11.4 Å². The van der Waals surface area contributed by atoms with Crippen LogP contribution in [0.15, 0.2) is 47.4 Å². The largest absolute Gasteiger partial charge is 0.398 e. The molecule has 0 aliphatic rings. The Labute approximate surface area is 145 Å². The summed E-state index contributed by atoms with van der Waals surface area (Å²) in [6.07, 6.45) is -4.29. The summed E-state index contributed by atoms with van der Waals surface area (Å²) in [7, 11) is 0. The standard InChI is InChI=1S/C15H10Cl2F3NOS/c16-10-5-9(6-11(17)7-10)14(22)21-12-3-1-2-4-13(12)23-8-15(18,19)20/h1-7H,8H2,(H,21,22). The molecule has 0 unspecified atom stereocenters. The van der Waals surface area contributed by atoms with Crippen molar-refractivity contribution in [1.82, 2.24) is 0 Å². The van der Waals surface area contributed by atoms with E-state index in [1.54, 1.807) is 12.1 Å².